The first kappa shape index (κ1) is 12.0. The molecule has 2 heterocycles. The minimum Gasteiger partial charge on any atom is -0.462 e. The van der Waals surface area contributed by atoms with Gasteiger partial charge in [0.05, 0.1) is 4.91 Å². The Morgan fingerprint density at radius 1 is 1.35 bits per heavy atom. The molecule has 90 valence electrons. The molecule has 5 heteroatoms. The summed E-state index contributed by atoms with van der Waals surface area (Å²) >= 11 is 0.953. The summed E-state index contributed by atoms with van der Waals surface area (Å²) in [4.78, 5) is 25.2. The van der Waals surface area contributed by atoms with E-state index >= 15 is 0 Å². The molecule has 1 aliphatic heterocycles. The fourth-order valence-electron chi connectivity index (χ4n) is 1.59. The lowest BCUT2D eigenvalue weighted by atomic mass is 10.3. The molecule has 1 aromatic heterocycles. The number of aryl methyl sites for hydroxylation is 1. The summed E-state index contributed by atoms with van der Waals surface area (Å²) in [6, 6.07) is 3.48. The van der Waals surface area contributed by atoms with Gasteiger partial charge in [-0.2, -0.15) is 0 Å². The average molecular weight is 251 g/mol. The molecule has 0 radical (unpaired) electrons. The van der Waals surface area contributed by atoms with Crippen molar-refractivity contribution in [2.45, 2.75) is 26.8 Å². The van der Waals surface area contributed by atoms with Gasteiger partial charge in [0, 0.05) is 12.1 Å². The third-order valence-corrected chi connectivity index (χ3v) is 3.26. The lowest BCUT2D eigenvalue weighted by molar-refractivity contribution is -0.123. The maximum Gasteiger partial charge on any atom is 0.293 e. The first-order valence-corrected chi connectivity index (χ1v) is 6.14. The summed E-state index contributed by atoms with van der Waals surface area (Å²) in [5, 5.41) is -0.223. The number of furan rings is 1. The van der Waals surface area contributed by atoms with Crippen LogP contribution < -0.4 is 0 Å². The van der Waals surface area contributed by atoms with Crippen LogP contribution in [0.15, 0.2) is 21.5 Å². The van der Waals surface area contributed by atoms with Crippen molar-refractivity contribution in [3.63, 3.8) is 0 Å². The van der Waals surface area contributed by atoms with Gasteiger partial charge in [0.2, 0.25) is 0 Å². The molecule has 1 saturated heterocycles. The molecule has 0 bridgehead atoms. The average Bonchev–Trinajstić information content (AvgIpc) is 2.73. The third-order valence-electron chi connectivity index (χ3n) is 2.37. The molecular weight excluding hydrogens is 238 g/mol. The van der Waals surface area contributed by atoms with E-state index in [1.165, 1.54) is 4.90 Å². The smallest absolute Gasteiger partial charge is 0.293 e. The quantitative estimate of drug-likeness (QED) is 0.758. The van der Waals surface area contributed by atoms with Crippen molar-refractivity contribution in [1.29, 1.82) is 0 Å². The normalized spacial score (nSPS) is 18.8. The van der Waals surface area contributed by atoms with Crippen LogP contribution >= 0.6 is 11.8 Å². The zero-order valence-electron chi connectivity index (χ0n) is 9.89. The zero-order chi connectivity index (χ0) is 12.6. The van der Waals surface area contributed by atoms with Crippen molar-refractivity contribution < 1.29 is 14.0 Å². The van der Waals surface area contributed by atoms with Crippen LogP contribution in [0.2, 0.25) is 0 Å². The molecule has 17 heavy (non-hydrogen) atoms. The standard InChI is InChI=1S/C12H13NO3S/c1-7(2)13-11(14)10(17-12(13)15)6-9-5-4-8(3)16-9/h4-7H,1-3H3/b10-6-. The van der Waals surface area contributed by atoms with Gasteiger partial charge in [-0.3, -0.25) is 14.5 Å². The number of hydrogen-bond acceptors (Lipinski definition) is 4. The van der Waals surface area contributed by atoms with E-state index in [0.717, 1.165) is 17.5 Å². The second-order valence-corrected chi connectivity index (χ2v) is 5.09. The van der Waals surface area contributed by atoms with Gasteiger partial charge < -0.3 is 4.42 Å². The van der Waals surface area contributed by atoms with Gasteiger partial charge in [-0.25, -0.2) is 0 Å². The summed E-state index contributed by atoms with van der Waals surface area (Å²) in [6.45, 7) is 5.46. The van der Waals surface area contributed by atoms with E-state index < -0.39 is 0 Å². The van der Waals surface area contributed by atoms with Gasteiger partial charge in [-0.15, -0.1) is 0 Å². The first-order valence-electron chi connectivity index (χ1n) is 5.32. The van der Waals surface area contributed by atoms with Crippen LogP contribution in [0.25, 0.3) is 6.08 Å². The minimum atomic E-state index is -0.246. The van der Waals surface area contributed by atoms with E-state index in [4.69, 9.17) is 4.42 Å². The van der Waals surface area contributed by atoms with Crippen molar-refractivity contribution >= 4 is 29.0 Å². The van der Waals surface area contributed by atoms with Crippen molar-refractivity contribution in [3.05, 3.63) is 28.6 Å². The molecule has 0 aromatic carbocycles. The molecule has 0 spiro atoms. The summed E-state index contributed by atoms with van der Waals surface area (Å²) in [5.74, 6) is 1.13. The Labute approximate surface area is 104 Å². The Bertz CT molecular complexity index is 502. The number of imide groups is 1. The summed E-state index contributed by atoms with van der Waals surface area (Å²) in [5.41, 5.74) is 0. The Hall–Kier alpha value is -1.49. The van der Waals surface area contributed by atoms with Crippen LogP contribution in [0.1, 0.15) is 25.4 Å². The molecule has 2 amide bonds. The molecule has 0 N–H and O–H groups in total. The van der Waals surface area contributed by atoms with Crippen LogP contribution in [0.5, 0.6) is 0 Å². The van der Waals surface area contributed by atoms with Crippen molar-refractivity contribution in [2.75, 3.05) is 0 Å². The van der Waals surface area contributed by atoms with Crippen LogP contribution in [-0.4, -0.2) is 22.1 Å². The number of carbonyl (C=O) groups is 2. The minimum absolute atomic E-state index is 0.119. The Morgan fingerprint density at radius 3 is 2.53 bits per heavy atom. The molecule has 0 unspecified atom stereocenters. The van der Waals surface area contributed by atoms with E-state index in [0.29, 0.717) is 10.7 Å². The molecular formula is C12H13NO3S. The van der Waals surface area contributed by atoms with Crippen molar-refractivity contribution in [1.82, 2.24) is 4.90 Å². The zero-order valence-corrected chi connectivity index (χ0v) is 10.7. The highest BCUT2D eigenvalue weighted by Gasteiger charge is 2.36. The van der Waals surface area contributed by atoms with Gasteiger partial charge in [-0.05, 0) is 44.7 Å². The Kier molecular flexibility index (Phi) is 3.11. The molecule has 4 nitrogen and oxygen atoms in total. The molecule has 2 rings (SSSR count). The van der Waals surface area contributed by atoms with Crippen molar-refractivity contribution in [2.24, 2.45) is 0 Å². The fourth-order valence-corrected chi connectivity index (χ4v) is 2.53. The second kappa shape index (κ2) is 4.41. The Balaban J connectivity index is 2.28. The largest absolute Gasteiger partial charge is 0.462 e. The molecule has 1 aliphatic rings. The third kappa shape index (κ3) is 2.29. The number of amides is 2. The van der Waals surface area contributed by atoms with E-state index in [1.54, 1.807) is 12.1 Å². The van der Waals surface area contributed by atoms with Gasteiger partial charge in [-0.1, -0.05) is 0 Å². The molecule has 0 aliphatic carbocycles. The lowest BCUT2D eigenvalue weighted by Crippen LogP contribution is -2.34. The van der Waals surface area contributed by atoms with E-state index in [9.17, 15) is 9.59 Å². The van der Waals surface area contributed by atoms with E-state index in [-0.39, 0.29) is 17.2 Å². The first-order chi connectivity index (χ1) is 7.99. The second-order valence-electron chi connectivity index (χ2n) is 4.09. The van der Waals surface area contributed by atoms with Crippen LogP contribution in [0.4, 0.5) is 4.79 Å². The molecule has 0 saturated carbocycles. The lowest BCUT2D eigenvalue weighted by Gasteiger charge is -2.16. The summed E-state index contributed by atoms with van der Waals surface area (Å²) in [6.07, 6.45) is 1.61. The monoisotopic (exact) mass is 251 g/mol. The number of thioether (sulfide) groups is 1. The van der Waals surface area contributed by atoms with E-state index in [1.807, 2.05) is 26.8 Å². The highest BCUT2D eigenvalue weighted by molar-refractivity contribution is 8.18. The maximum absolute atomic E-state index is 11.9. The van der Waals surface area contributed by atoms with Gasteiger partial charge in [0.1, 0.15) is 11.5 Å². The van der Waals surface area contributed by atoms with Crippen molar-refractivity contribution in [3.8, 4) is 0 Å². The van der Waals surface area contributed by atoms with Gasteiger partial charge in [0.15, 0.2) is 0 Å². The van der Waals surface area contributed by atoms with Gasteiger partial charge >= 0.3 is 0 Å². The van der Waals surface area contributed by atoms with Crippen LogP contribution in [0.3, 0.4) is 0 Å². The number of nitrogens with zero attached hydrogens (tertiary/aromatic N) is 1. The topological polar surface area (TPSA) is 50.5 Å². The maximum atomic E-state index is 11.9. The number of hydrogen-bond donors (Lipinski definition) is 0. The fraction of sp³-hybridized carbons (Fsp3) is 0.333. The predicted molar refractivity (Wildman–Crippen MR) is 66.4 cm³/mol. The Morgan fingerprint density at radius 2 is 2.06 bits per heavy atom. The molecule has 1 fully saturated rings. The summed E-state index contributed by atoms with van der Waals surface area (Å²) < 4.78 is 5.35. The molecule has 0 atom stereocenters. The SMILES string of the molecule is Cc1ccc(/C=C2\SC(=O)N(C(C)C)C2=O)o1. The summed E-state index contributed by atoms with van der Waals surface area (Å²) in [7, 11) is 0. The van der Waals surface area contributed by atoms with Gasteiger partial charge in [0.25, 0.3) is 11.1 Å². The van der Waals surface area contributed by atoms with E-state index in [2.05, 4.69) is 0 Å². The highest BCUT2D eigenvalue weighted by atomic mass is 32.2. The molecule has 1 aromatic rings. The predicted octanol–water partition coefficient (Wildman–Crippen LogP) is 3.03. The number of rotatable bonds is 2. The highest BCUT2D eigenvalue weighted by Crippen LogP contribution is 2.33. The van der Waals surface area contributed by atoms with Crippen LogP contribution in [0, 0.1) is 6.92 Å². The van der Waals surface area contributed by atoms with Crippen LogP contribution in [-0.2, 0) is 4.79 Å². The number of carbonyl (C=O) groups excluding carboxylic acids is 2.